The Hall–Kier alpha value is -0.850. The van der Waals surface area contributed by atoms with Crippen molar-refractivity contribution in [3.63, 3.8) is 0 Å². The van der Waals surface area contributed by atoms with Crippen molar-refractivity contribution in [3.05, 3.63) is 0 Å². The number of hydrogen-bond acceptors (Lipinski definition) is 4. The molecule has 24 heavy (non-hydrogen) atoms. The van der Waals surface area contributed by atoms with Crippen LogP contribution < -0.4 is 10.6 Å². The molecule has 0 saturated carbocycles. The van der Waals surface area contributed by atoms with Gasteiger partial charge in [-0.1, -0.05) is 0 Å². The van der Waals surface area contributed by atoms with Crippen LogP contribution in [-0.4, -0.2) is 86.4 Å². The van der Waals surface area contributed by atoms with Crippen molar-refractivity contribution in [2.24, 2.45) is 4.99 Å². The smallest absolute Gasteiger partial charge is 0.191 e. The fourth-order valence-electron chi connectivity index (χ4n) is 3.43. The van der Waals surface area contributed by atoms with Crippen LogP contribution in [0, 0.1) is 0 Å². The van der Waals surface area contributed by atoms with Crippen molar-refractivity contribution >= 4 is 5.96 Å². The van der Waals surface area contributed by atoms with Crippen molar-refractivity contribution in [1.29, 1.82) is 0 Å². The van der Waals surface area contributed by atoms with Gasteiger partial charge in [0, 0.05) is 50.8 Å². The van der Waals surface area contributed by atoms with E-state index in [1.54, 1.807) is 0 Å². The van der Waals surface area contributed by atoms with E-state index < -0.39 is 0 Å². The Morgan fingerprint density at radius 3 is 2.33 bits per heavy atom. The van der Waals surface area contributed by atoms with Crippen molar-refractivity contribution in [2.45, 2.75) is 58.7 Å². The molecule has 2 saturated heterocycles. The molecule has 2 fully saturated rings. The van der Waals surface area contributed by atoms with Crippen LogP contribution in [-0.2, 0) is 4.74 Å². The van der Waals surface area contributed by atoms with Gasteiger partial charge in [-0.25, -0.2) is 0 Å². The summed E-state index contributed by atoms with van der Waals surface area (Å²) in [5.74, 6) is 0.973. The number of aliphatic imine (C=N–C) groups is 1. The van der Waals surface area contributed by atoms with E-state index >= 15 is 0 Å². The van der Waals surface area contributed by atoms with Crippen LogP contribution in [0.25, 0.3) is 0 Å². The van der Waals surface area contributed by atoms with Crippen molar-refractivity contribution in [3.8, 4) is 0 Å². The second-order valence-corrected chi connectivity index (χ2v) is 7.27. The van der Waals surface area contributed by atoms with E-state index in [1.165, 1.54) is 25.9 Å². The molecule has 0 radical (unpaired) electrons. The van der Waals surface area contributed by atoms with E-state index in [4.69, 9.17) is 9.73 Å². The lowest BCUT2D eigenvalue weighted by molar-refractivity contribution is 0.0220. The zero-order chi connectivity index (χ0) is 17.4. The fourth-order valence-corrected chi connectivity index (χ4v) is 3.43. The van der Waals surface area contributed by atoms with Gasteiger partial charge < -0.3 is 20.3 Å². The second-order valence-electron chi connectivity index (χ2n) is 7.27. The summed E-state index contributed by atoms with van der Waals surface area (Å²) in [5, 5.41) is 7.05. The summed E-state index contributed by atoms with van der Waals surface area (Å²) in [7, 11) is 0. The summed E-state index contributed by atoms with van der Waals surface area (Å²) in [6.07, 6.45) is 2.39. The van der Waals surface area contributed by atoms with Gasteiger partial charge in [0.15, 0.2) is 5.96 Å². The Morgan fingerprint density at radius 2 is 1.75 bits per heavy atom. The van der Waals surface area contributed by atoms with E-state index in [1.807, 2.05) is 0 Å². The van der Waals surface area contributed by atoms with E-state index in [2.05, 4.69) is 48.1 Å². The number of nitrogens with zero attached hydrogens (tertiary/aromatic N) is 3. The maximum atomic E-state index is 5.43. The molecule has 2 N–H and O–H groups in total. The molecule has 0 amide bonds. The molecule has 2 heterocycles. The minimum atomic E-state index is 0.465. The molecule has 0 aromatic heterocycles. The maximum absolute atomic E-state index is 5.43. The van der Waals surface area contributed by atoms with Crippen LogP contribution in [0.3, 0.4) is 0 Å². The molecule has 140 valence electrons. The van der Waals surface area contributed by atoms with Gasteiger partial charge in [-0.2, -0.15) is 0 Å². The first-order valence-electron chi connectivity index (χ1n) is 9.70. The van der Waals surface area contributed by atoms with Crippen LogP contribution in [0.15, 0.2) is 4.99 Å². The number of hydrogen-bond donors (Lipinski definition) is 2. The minimum Gasteiger partial charge on any atom is -0.379 e. The number of nitrogens with one attached hydrogen (secondary N) is 2. The predicted octanol–water partition coefficient (Wildman–Crippen LogP) is 1.14. The SMILES string of the molecule is CCNC(=NCC(C)N1CCOCC1)NC1CCN(C(C)C)CC1. The lowest BCUT2D eigenvalue weighted by Crippen LogP contribution is -2.50. The third-order valence-electron chi connectivity index (χ3n) is 5.13. The quantitative estimate of drug-likeness (QED) is 0.561. The fraction of sp³-hybridized carbons (Fsp3) is 0.944. The van der Waals surface area contributed by atoms with Gasteiger partial charge in [-0.3, -0.25) is 9.89 Å². The molecule has 0 spiro atoms. The van der Waals surface area contributed by atoms with Crippen molar-refractivity contribution in [1.82, 2.24) is 20.4 Å². The number of rotatable bonds is 6. The molecule has 6 nitrogen and oxygen atoms in total. The second kappa shape index (κ2) is 10.2. The summed E-state index contributed by atoms with van der Waals surface area (Å²) in [6.45, 7) is 16.8. The lowest BCUT2D eigenvalue weighted by Gasteiger charge is -2.35. The topological polar surface area (TPSA) is 52.1 Å². The highest BCUT2D eigenvalue weighted by molar-refractivity contribution is 5.80. The number of likely N-dealkylation sites (tertiary alicyclic amines) is 1. The number of guanidine groups is 1. The molecule has 1 unspecified atom stereocenters. The minimum absolute atomic E-state index is 0.465. The number of piperidine rings is 1. The molecular formula is C18H37N5O. The maximum Gasteiger partial charge on any atom is 0.191 e. The molecule has 0 aliphatic carbocycles. The van der Waals surface area contributed by atoms with Crippen LogP contribution in [0.1, 0.15) is 40.5 Å². The first-order valence-corrected chi connectivity index (χ1v) is 9.70. The average Bonchev–Trinajstić information content (AvgIpc) is 2.61. The Labute approximate surface area is 148 Å². The van der Waals surface area contributed by atoms with Crippen LogP contribution in [0.2, 0.25) is 0 Å². The predicted molar refractivity (Wildman–Crippen MR) is 101 cm³/mol. The van der Waals surface area contributed by atoms with E-state index in [9.17, 15) is 0 Å². The molecule has 0 aromatic carbocycles. The third kappa shape index (κ3) is 6.22. The Morgan fingerprint density at radius 1 is 1.08 bits per heavy atom. The molecule has 1 atom stereocenters. The highest BCUT2D eigenvalue weighted by atomic mass is 16.5. The zero-order valence-electron chi connectivity index (χ0n) is 16.1. The third-order valence-corrected chi connectivity index (χ3v) is 5.13. The van der Waals surface area contributed by atoms with E-state index in [0.29, 0.717) is 18.1 Å². The largest absolute Gasteiger partial charge is 0.379 e. The van der Waals surface area contributed by atoms with Gasteiger partial charge in [0.2, 0.25) is 0 Å². The molecule has 6 heteroatoms. The summed E-state index contributed by atoms with van der Waals surface area (Å²) < 4.78 is 5.43. The van der Waals surface area contributed by atoms with Crippen LogP contribution in [0.4, 0.5) is 0 Å². The van der Waals surface area contributed by atoms with E-state index in [0.717, 1.165) is 45.4 Å². The zero-order valence-corrected chi connectivity index (χ0v) is 16.1. The standard InChI is InChI=1S/C18H37N5O/c1-5-19-18(20-14-16(4)23-10-12-24-13-11-23)21-17-6-8-22(9-7-17)15(2)3/h15-17H,5-14H2,1-4H3,(H2,19,20,21). The Kier molecular flexibility index (Phi) is 8.29. The monoisotopic (exact) mass is 339 g/mol. The lowest BCUT2D eigenvalue weighted by atomic mass is 10.0. The molecule has 2 rings (SSSR count). The van der Waals surface area contributed by atoms with Crippen LogP contribution in [0.5, 0.6) is 0 Å². The normalized spacial score (nSPS) is 23.5. The van der Waals surface area contributed by atoms with Gasteiger partial charge >= 0.3 is 0 Å². The summed E-state index contributed by atoms with van der Waals surface area (Å²) in [6, 6.07) is 1.66. The Bertz CT molecular complexity index is 374. The number of ether oxygens (including phenoxy) is 1. The van der Waals surface area contributed by atoms with Crippen LogP contribution >= 0.6 is 0 Å². The van der Waals surface area contributed by atoms with Gasteiger partial charge in [-0.05, 0) is 40.5 Å². The first kappa shape index (κ1) is 19.5. The first-order chi connectivity index (χ1) is 11.6. The highest BCUT2D eigenvalue weighted by Crippen LogP contribution is 2.13. The van der Waals surface area contributed by atoms with Gasteiger partial charge in [-0.15, -0.1) is 0 Å². The van der Waals surface area contributed by atoms with E-state index in [-0.39, 0.29) is 0 Å². The summed E-state index contributed by atoms with van der Waals surface area (Å²) in [4.78, 5) is 9.86. The molecular weight excluding hydrogens is 302 g/mol. The van der Waals surface area contributed by atoms with Gasteiger partial charge in [0.05, 0.1) is 19.8 Å². The highest BCUT2D eigenvalue weighted by Gasteiger charge is 2.22. The molecule has 0 bridgehead atoms. The number of morpholine rings is 1. The molecule has 2 aliphatic rings. The van der Waals surface area contributed by atoms with Gasteiger partial charge in [0.1, 0.15) is 0 Å². The molecule has 0 aromatic rings. The summed E-state index contributed by atoms with van der Waals surface area (Å²) >= 11 is 0. The van der Waals surface area contributed by atoms with Gasteiger partial charge in [0.25, 0.3) is 0 Å². The average molecular weight is 340 g/mol. The van der Waals surface area contributed by atoms with Crippen molar-refractivity contribution < 1.29 is 4.74 Å². The molecule has 2 aliphatic heterocycles. The van der Waals surface area contributed by atoms with Crippen molar-refractivity contribution in [2.75, 3.05) is 52.5 Å². The summed E-state index contributed by atoms with van der Waals surface area (Å²) in [5.41, 5.74) is 0. The Balaban J connectivity index is 1.80.